The van der Waals surface area contributed by atoms with E-state index < -0.39 is 0 Å². The molecule has 4 heteroatoms. The van der Waals surface area contributed by atoms with Gasteiger partial charge in [0.25, 0.3) is 0 Å². The number of rotatable bonds is 5. The number of anilines is 1. The van der Waals surface area contributed by atoms with E-state index in [1.165, 1.54) is 32.4 Å². The largest absolute Gasteiger partial charge is 0.369 e. The van der Waals surface area contributed by atoms with Crippen molar-refractivity contribution in [2.75, 3.05) is 25.0 Å². The van der Waals surface area contributed by atoms with Gasteiger partial charge in [0, 0.05) is 13.1 Å². The van der Waals surface area contributed by atoms with Crippen molar-refractivity contribution in [2.24, 2.45) is 0 Å². The zero-order valence-corrected chi connectivity index (χ0v) is 10.7. The summed E-state index contributed by atoms with van der Waals surface area (Å²) in [5, 5.41) is 3.24. The molecule has 94 valence electrons. The molecule has 0 spiro atoms. The van der Waals surface area contributed by atoms with Gasteiger partial charge in [-0.25, -0.2) is 4.98 Å². The lowest BCUT2D eigenvalue weighted by molar-refractivity contribution is 0.218. The van der Waals surface area contributed by atoms with Crippen molar-refractivity contribution in [3.8, 4) is 0 Å². The average Bonchev–Trinajstić information content (AvgIpc) is 2.39. The van der Waals surface area contributed by atoms with Gasteiger partial charge >= 0.3 is 0 Å². The standard InChI is InChI=1S/C13H22N4/c1-2-6-14-13-10-15-12(9-16-13)11-17-7-4-3-5-8-17/h9-10H,2-8,11H2,1H3,(H,14,16). The predicted molar refractivity (Wildman–Crippen MR) is 69.9 cm³/mol. The van der Waals surface area contributed by atoms with Crippen LogP contribution in [0.2, 0.25) is 0 Å². The van der Waals surface area contributed by atoms with Gasteiger partial charge in [-0.3, -0.25) is 9.88 Å². The number of nitrogens with one attached hydrogen (secondary N) is 1. The molecular formula is C13H22N4. The molecule has 0 saturated carbocycles. The third-order valence-corrected chi connectivity index (χ3v) is 3.10. The Bertz CT molecular complexity index is 317. The van der Waals surface area contributed by atoms with Crippen LogP contribution in [-0.2, 0) is 6.54 Å². The zero-order valence-electron chi connectivity index (χ0n) is 10.7. The van der Waals surface area contributed by atoms with Crippen LogP contribution in [-0.4, -0.2) is 34.5 Å². The number of hydrogen-bond acceptors (Lipinski definition) is 4. The van der Waals surface area contributed by atoms with Crippen LogP contribution < -0.4 is 5.32 Å². The fourth-order valence-corrected chi connectivity index (χ4v) is 2.13. The third kappa shape index (κ3) is 3.97. The highest BCUT2D eigenvalue weighted by molar-refractivity contribution is 5.30. The Hall–Kier alpha value is -1.16. The maximum absolute atomic E-state index is 4.46. The van der Waals surface area contributed by atoms with Crippen LogP contribution in [0.5, 0.6) is 0 Å². The second kappa shape index (κ2) is 6.55. The first kappa shape index (κ1) is 12.3. The molecule has 0 bridgehead atoms. The molecular weight excluding hydrogens is 212 g/mol. The van der Waals surface area contributed by atoms with E-state index in [0.717, 1.165) is 31.0 Å². The molecule has 1 N–H and O–H groups in total. The highest BCUT2D eigenvalue weighted by Gasteiger charge is 2.10. The molecule has 17 heavy (non-hydrogen) atoms. The van der Waals surface area contributed by atoms with E-state index in [0.29, 0.717) is 0 Å². The van der Waals surface area contributed by atoms with E-state index in [4.69, 9.17) is 0 Å². The van der Waals surface area contributed by atoms with Gasteiger partial charge in [0.15, 0.2) is 0 Å². The smallest absolute Gasteiger partial charge is 0.144 e. The molecule has 1 aliphatic heterocycles. The van der Waals surface area contributed by atoms with Gasteiger partial charge in [-0.15, -0.1) is 0 Å². The van der Waals surface area contributed by atoms with Crippen LogP contribution in [0.25, 0.3) is 0 Å². The molecule has 0 aliphatic carbocycles. The fourth-order valence-electron chi connectivity index (χ4n) is 2.13. The molecule has 0 aromatic carbocycles. The minimum absolute atomic E-state index is 0.884. The van der Waals surface area contributed by atoms with Gasteiger partial charge in [0.1, 0.15) is 5.82 Å². The quantitative estimate of drug-likeness (QED) is 0.848. The van der Waals surface area contributed by atoms with Crippen molar-refractivity contribution < 1.29 is 0 Å². The molecule has 1 aromatic rings. The first-order valence-electron chi connectivity index (χ1n) is 6.65. The zero-order chi connectivity index (χ0) is 11.9. The number of nitrogens with zero attached hydrogens (tertiary/aromatic N) is 3. The van der Waals surface area contributed by atoms with Crippen molar-refractivity contribution in [1.29, 1.82) is 0 Å². The van der Waals surface area contributed by atoms with E-state index in [1.54, 1.807) is 0 Å². The van der Waals surface area contributed by atoms with Gasteiger partial charge in [0.2, 0.25) is 0 Å². The van der Waals surface area contributed by atoms with E-state index in [1.807, 2.05) is 12.4 Å². The summed E-state index contributed by atoms with van der Waals surface area (Å²) in [5.74, 6) is 0.884. The van der Waals surface area contributed by atoms with E-state index >= 15 is 0 Å². The van der Waals surface area contributed by atoms with Gasteiger partial charge in [-0.1, -0.05) is 13.3 Å². The van der Waals surface area contributed by atoms with Crippen molar-refractivity contribution >= 4 is 5.82 Å². The van der Waals surface area contributed by atoms with Crippen molar-refractivity contribution in [1.82, 2.24) is 14.9 Å². The van der Waals surface area contributed by atoms with Gasteiger partial charge in [0.05, 0.1) is 18.1 Å². The Morgan fingerprint density at radius 2 is 2.00 bits per heavy atom. The van der Waals surface area contributed by atoms with Gasteiger partial charge in [-0.2, -0.15) is 0 Å². The van der Waals surface area contributed by atoms with E-state index in [2.05, 4.69) is 27.1 Å². The van der Waals surface area contributed by atoms with Crippen LogP contribution in [0.3, 0.4) is 0 Å². The molecule has 1 aromatic heterocycles. The van der Waals surface area contributed by atoms with Crippen LogP contribution in [0.1, 0.15) is 38.3 Å². The summed E-state index contributed by atoms with van der Waals surface area (Å²) in [7, 11) is 0. The van der Waals surface area contributed by atoms with Gasteiger partial charge < -0.3 is 5.32 Å². The van der Waals surface area contributed by atoms with Gasteiger partial charge in [-0.05, 0) is 32.4 Å². The molecule has 2 rings (SSSR count). The summed E-state index contributed by atoms with van der Waals surface area (Å²) in [6.07, 6.45) is 8.87. The average molecular weight is 234 g/mol. The van der Waals surface area contributed by atoms with Crippen molar-refractivity contribution in [3.05, 3.63) is 18.1 Å². The Morgan fingerprint density at radius 3 is 2.65 bits per heavy atom. The van der Waals surface area contributed by atoms with Crippen LogP contribution in [0, 0.1) is 0 Å². The fraction of sp³-hybridized carbons (Fsp3) is 0.692. The van der Waals surface area contributed by atoms with Crippen molar-refractivity contribution in [3.63, 3.8) is 0 Å². The second-order valence-electron chi connectivity index (χ2n) is 4.66. The SMILES string of the molecule is CCCNc1cnc(CN2CCCCC2)cn1. The summed E-state index contributed by atoms with van der Waals surface area (Å²) in [6.45, 7) is 6.46. The number of aromatic nitrogens is 2. The third-order valence-electron chi connectivity index (χ3n) is 3.10. The van der Waals surface area contributed by atoms with E-state index in [9.17, 15) is 0 Å². The molecule has 4 nitrogen and oxygen atoms in total. The topological polar surface area (TPSA) is 41.1 Å². The number of hydrogen-bond donors (Lipinski definition) is 1. The van der Waals surface area contributed by atoms with Crippen molar-refractivity contribution in [2.45, 2.75) is 39.2 Å². The molecule has 2 heterocycles. The summed E-state index contributed by atoms with van der Waals surface area (Å²) in [4.78, 5) is 11.3. The predicted octanol–water partition coefficient (Wildman–Crippen LogP) is 2.28. The molecule has 1 aliphatic rings. The summed E-state index contributed by atoms with van der Waals surface area (Å²) in [5.41, 5.74) is 1.08. The summed E-state index contributed by atoms with van der Waals surface area (Å²) >= 11 is 0. The summed E-state index contributed by atoms with van der Waals surface area (Å²) < 4.78 is 0. The maximum Gasteiger partial charge on any atom is 0.144 e. The van der Waals surface area contributed by atoms with Crippen LogP contribution in [0.4, 0.5) is 5.82 Å². The molecule has 1 saturated heterocycles. The minimum Gasteiger partial charge on any atom is -0.369 e. The Labute approximate surface area is 103 Å². The molecule has 1 fully saturated rings. The first-order chi connectivity index (χ1) is 8.38. The lowest BCUT2D eigenvalue weighted by Crippen LogP contribution is -2.29. The highest BCUT2D eigenvalue weighted by atomic mass is 15.1. The van der Waals surface area contributed by atoms with Crippen LogP contribution >= 0.6 is 0 Å². The molecule has 0 unspecified atom stereocenters. The number of piperidine rings is 1. The molecule has 0 radical (unpaired) electrons. The molecule has 0 atom stereocenters. The lowest BCUT2D eigenvalue weighted by Gasteiger charge is -2.25. The highest BCUT2D eigenvalue weighted by Crippen LogP contribution is 2.11. The minimum atomic E-state index is 0.884. The first-order valence-corrected chi connectivity index (χ1v) is 6.65. The van der Waals surface area contributed by atoms with E-state index in [-0.39, 0.29) is 0 Å². The second-order valence-corrected chi connectivity index (χ2v) is 4.66. The molecule has 0 amide bonds. The Kier molecular flexibility index (Phi) is 4.74. The number of likely N-dealkylation sites (tertiary alicyclic amines) is 1. The van der Waals surface area contributed by atoms with Crippen LogP contribution in [0.15, 0.2) is 12.4 Å². The Balaban J connectivity index is 1.84. The monoisotopic (exact) mass is 234 g/mol. The normalized spacial score (nSPS) is 17.0. The Morgan fingerprint density at radius 1 is 1.18 bits per heavy atom. The maximum atomic E-state index is 4.46. The lowest BCUT2D eigenvalue weighted by atomic mass is 10.1. The summed E-state index contributed by atoms with van der Waals surface area (Å²) in [6, 6.07) is 0.